The monoisotopic (exact) mass is 296 g/mol. The highest BCUT2D eigenvalue weighted by Gasteiger charge is 2.22. The van der Waals surface area contributed by atoms with Gasteiger partial charge in [0.15, 0.2) is 11.6 Å². The Morgan fingerprint density at radius 1 is 1.25 bits per heavy atom. The van der Waals surface area contributed by atoms with Gasteiger partial charge in [-0.2, -0.15) is 4.98 Å². The van der Waals surface area contributed by atoms with Gasteiger partial charge in [0.25, 0.3) is 5.89 Å². The van der Waals surface area contributed by atoms with Crippen molar-refractivity contribution in [3.8, 4) is 11.7 Å². The average molecular weight is 296 g/mol. The Labute approximate surface area is 119 Å². The summed E-state index contributed by atoms with van der Waals surface area (Å²) in [5.74, 6) is 2.73. The van der Waals surface area contributed by atoms with Crippen molar-refractivity contribution < 1.29 is 13.5 Å². The molecule has 2 heterocycles. The molecule has 0 aliphatic heterocycles. The van der Waals surface area contributed by atoms with Gasteiger partial charge in [0.1, 0.15) is 5.76 Å². The first-order chi connectivity index (χ1) is 9.27. The van der Waals surface area contributed by atoms with Crippen molar-refractivity contribution in [2.24, 2.45) is 0 Å². The summed E-state index contributed by atoms with van der Waals surface area (Å²) in [6.45, 7) is 9.62. The molecule has 6 heteroatoms. The molecule has 20 heavy (non-hydrogen) atoms. The van der Waals surface area contributed by atoms with Crippen LogP contribution in [0.5, 0.6) is 0 Å². The minimum atomic E-state index is -2.14. The van der Waals surface area contributed by atoms with Gasteiger partial charge in [-0.05, 0) is 25.5 Å². The number of hydrogen-bond donors (Lipinski definition) is 0. The van der Waals surface area contributed by atoms with Crippen LogP contribution < -0.4 is 0 Å². The standard InChI is InChI=1S/C14H21N2O3P/c1-9(2)11-6-7-12(18-11)14-15-13(16-19-14)8-10(3)20(4,5)17/h6-7,9-10H,8H2,1-5H3. The predicted octanol–water partition coefficient (Wildman–Crippen LogP) is 4.01. The highest BCUT2D eigenvalue weighted by molar-refractivity contribution is 7.63. The topological polar surface area (TPSA) is 69.1 Å². The lowest BCUT2D eigenvalue weighted by molar-refractivity contribution is 0.402. The third kappa shape index (κ3) is 3.40. The van der Waals surface area contributed by atoms with E-state index in [-0.39, 0.29) is 5.66 Å². The van der Waals surface area contributed by atoms with Crippen molar-refractivity contribution >= 4 is 7.14 Å². The summed E-state index contributed by atoms with van der Waals surface area (Å²) >= 11 is 0. The van der Waals surface area contributed by atoms with Gasteiger partial charge < -0.3 is 13.5 Å². The smallest absolute Gasteiger partial charge is 0.293 e. The first-order valence-corrected chi connectivity index (χ1v) is 9.41. The lowest BCUT2D eigenvalue weighted by Gasteiger charge is -2.13. The zero-order chi connectivity index (χ0) is 14.9. The second-order valence-electron chi connectivity index (χ2n) is 5.86. The number of aromatic nitrogens is 2. The molecule has 0 aliphatic rings. The molecule has 1 atom stereocenters. The minimum absolute atomic E-state index is 0.0378. The summed E-state index contributed by atoms with van der Waals surface area (Å²) in [4.78, 5) is 4.31. The van der Waals surface area contributed by atoms with Crippen LogP contribution in [0.15, 0.2) is 21.1 Å². The van der Waals surface area contributed by atoms with E-state index in [4.69, 9.17) is 8.94 Å². The van der Waals surface area contributed by atoms with Crippen LogP contribution in [0.3, 0.4) is 0 Å². The maximum absolute atomic E-state index is 12.0. The van der Waals surface area contributed by atoms with Crippen LogP contribution in [0.1, 0.15) is 38.3 Å². The SMILES string of the molecule is CC(C)c1ccc(-c2nc(CC(C)P(C)(C)=O)no2)o1. The second-order valence-corrected chi connectivity index (χ2v) is 9.61. The summed E-state index contributed by atoms with van der Waals surface area (Å²) < 4.78 is 22.8. The van der Waals surface area contributed by atoms with Crippen molar-refractivity contribution in [2.45, 2.75) is 38.8 Å². The normalized spacial score (nSPS) is 13.9. The van der Waals surface area contributed by atoms with Gasteiger partial charge in [0.2, 0.25) is 0 Å². The fraction of sp³-hybridized carbons (Fsp3) is 0.571. The molecule has 0 fully saturated rings. The molecule has 0 saturated carbocycles. The van der Waals surface area contributed by atoms with Gasteiger partial charge in [0.05, 0.1) is 7.14 Å². The molecular weight excluding hydrogens is 275 g/mol. The molecule has 110 valence electrons. The zero-order valence-corrected chi connectivity index (χ0v) is 13.5. The largest absolute Gasteiger partial charge is 0.456 e. The van der Waals surface area contributed by atoms with E-state index in [9.17, 15) is 4.57 Å². The van der Waals surface area contributed by atoms with Gasteiger partial charge in [-0.15, -0.1) is 0 Å². The van der Waals surface area contributed by atoms with Gasteiger partial charge in [-0.3, -0.25) is 0 Å². The summed E-state index contributed by atoms with van der Waals surface area (Å²) in [5.41, 5.74) is 0.0378. The average Bonchev–Trinajstić information content (AvgIpc) is 2.94. The maximum Gasteiger partial charge on any atom is 0.293 e. The molecule has 2 rings (SSSR count). The molecule has 0 saturated heterocycles. The number of furan rings is 1. The van der Waals surface area contributed by atoms with Crippen LogP contribution in [-0.2, 0) is 11.0 Å². The van der Waals surface area contributed by atoms with E-state index in [0.717, 1.165) is 5.76 Å². The Kier molecular flexibility index (Phi) is 4.19. The van der Waals surface area contributed by atoms with Crippen molar-refractivity contribution in [3.05, 3.63) is 23.7 Å². The van der Waals surface area contributed by atoms with E-state index in [2.05, 4.69) is 24.0 Å². The second kappa shape index (κ2) is 5.57. The third-order valence-electron chi connectivity index (χ3n) is 3.41. The van der Waals surface area contributed by atoms with Crippen molar-refractivity contribution in [1.82, 2.24) is 10.1 Å². The fourth-order valence-corrected chi connectivity index (χ4v) is 2.30. The van der Waals surface area contributed by atoms with E-state index in [1.54, 1.807) is 13.3 Å². The Morgan fingerprint density at radius 3 is 2.50 bits per heavy atom. The minimum Gasteiger partial charge on any atom is -0.456 e. The molecule has 0 aromatic carbocycles. The molecular formula is C14H21N2O3P. The molecule has 0 bridgehead atoms. The van der Waals surface area contributed by atoms with E-state index >= 15 is 0 Å². The van der Waals surface area contributed by atoms with Crippen LogP contribution in [0.4, 0.5) is 0 Å². The summed E-state index contributed by atoms with van der Waals surface area (Å²) in [7, 11) is -2.14. The lowest BCUT2D eigenvalue weighted by Crippen LogP contribution is -2.07. The highest BCUT2D eigenvalue weighted by atomic mass is 31.2. The zero-order valence-electron chi connectivity index (χ0n) is 12.6. The van der Waals surface area contributed by atoms with Gasteiger partial charge in [-0.25, -0.2) is 0 Å². The molecule has 2 aromatic rings. The van der Waals surface area contributed by atoms with E-state index < -0.39 is 7.14 Å². The molecule has 0 N–H and O–H groups in total. The van der Waals surface area contributed by atoms with Crippen molar-refractivity contribution in [3.63, 3.8) is 0 Å². The first-order valence-electron chi connectivity index (χ1n) is 6.74. The molecule has 0 spiro atoms. The third-order valence-corrected chi connectivity index (χ3v) is 5.72. The Bertz CT molecular complexity index is 624. The van der Waals surface area contributed by atoms with Crippen LogP contribution in [-0.4, -0.2) is 29.1 Å². The fourth-order valence-electron chi connectivity index (χ4n) is 1.70. The Balaban J connectivity index is 2.14. The summed E-state index contributed by atoms with van der Waals surface area (Å²) in [5, 5.41) is 3.93. The molecule has 5 nitrogen and oxygen atoms in total. The van der Waals surface area contributed by atoms with Crippen LogP contribution in [0.25, 0.3) is 11.7 Å². The number of hydrogen-bond acceptors (Lipinski definition) is 5. The maximum atomic E-state index is 12.0. The Morgan fingerprint density at radius 2 is 1.95 bits per heavy atom. The van der Waals surface area contributed by atoms with E-state index in [1.807, 2.05) is 19.1 Å². The molecule has 0 amide bonds. The summed E-state index contributed by atoms with van der Waals surface area (Å²) in [6.07, 6.45) is 0.547. The van der Waals surface area contributed by atoms with Crippen molar-refractivity contribution in [2.75, 3.05) is 13.3 Å². The van der Waals surface area contributed by atoms with Crippen LogP contribution >= 0.6 is 7.14 Å². The molecule has 0 aliphatic carbocycles. The van der Waals surface area contributed by atoms with Gasteiger partial charge in [-0.1, -0.05) is 25.9 Å². The first kappa shape index (κ1) is 15.0. The summed E-state index contributed by atoms with van der Waals surface area (Å²) in [6, 6.07) is 3.75. The van der Waals surface area contributed by atoms with Crippen molar-refractivity contribution in [1.29, 1.82) is 0 Å². The number of nitrogens with zero attached hydrogens (tertiary/aromatic N) is 2. The van der Waals surface area contributed by atoms with E-state index in [1.165, 1.54) is 0 Å². The van der Waals surface area contributed by atoms with Gasteiger partial charge in [0, 0.05) is 18.0 Å². The predicted molar refractivity (Wildman–Crippen MR) is 78.7 cm³/mol. The number of rotatable bonds is 5. The Hall–Kier alpha value is -1.35. The molecule has 0 radical (unpaired) electrons. The lowest BCUT2D eigenvalue weighted by atomic mass is 10.2. The highest BCUT2D eigenvalue weighted by Crippen LogP contribution is 2.43. The molecule has 1 unspecified atom stereocenters. The van der Waals surface area contributed by atoms with Crippen LogP contribution in [0.2, 0.25) is 0 Å². The quantitative estimate of drug-likeness (QED) is 0.780. The van der Waals surface area contributed by atoms with Gasteiger partial charge >= 0.3 is 0 Å². The molecule has 2 aromatic heterocycles. The van der Waals surface area contributed by atoms with E-state index in [0.29, 0.717) is 29.8 Å². The van der Waals surface area contributed by atoms with Crippen LogP contribution in [0, 0.1) is 0 Å².